The minimum Gasteiger partial charge on any atom is -0.497 e. The van der Waals surface area contributed by atoms with Crippen LogP contribution in [0.1, 0.15) is 11.1 Å². The molecule has 0 spiro atoms. The summed E-state index contributed by atoms with van der Waals surface area (Å²) in [6, 6.07) is 145. The second-order valence-corrected chi connectivity index (χ2v) is 34.8. The van der Waals surface area contributed by atoms with Gasteiger partial charge in [0.15, 0.2) is 40.6 Å². The maximum absolute atomic E-state index is 9.43. The smallest absolute Gasteiger partial charge is 0.238 e. The minimum atomic E-state index is 0.476. The van der Waals surface area contributed by atoms with Crippen LogP contribution in [0.3, 0.4) is 0 Å². The first-order valence-electron chi connectivity index (χ1n) is 46.9. The zero-order chi connectivity index (χ0) is 96.6. The number of ether oxygens (including phenoxy) is 3. The van der Waals surface area contributed by atoms with Gasteiger partial charge in [-0.15, -0.1) is 0 Å². The van der Waals surface area contributed by atoms with Gasteiger partial charge in [-0.25, -0.2) is 19.8 Å². The number of nitrogens with zero attached hydrogens (tertiary/aromatic N) is 18. The van der Waals surface area contributed by atoms with Crippen LogP contribution >= 0.6 is 0 Å². The molecule has 678 valence electrons. The molecule has 0 aliphatic heterocycles. The molecule has 18 aromatic carbocycles. The first-order chi connectivity index (χ1) is 71.1. The lowest BCUT2D eigenvalue weighted by molar-refractivity contribution is 0.414. The highest BCUT2D eigenvalue weighted by Crippen LogP contribution is 2.48. The molecule has 144 heavy (non-hydrogen) atoms. The second kappa shape index (κ2) is 35.7. The van der Waals surface area contributed by atoms with E-state index in [0.29, 0.717) is 69.6 Å². The predicted molar refractivity (Wildman–Crippen MR) is 573 cm³/mol. The molecule has 0 aliphatic carbocycles. The van der Waals surface area contributed by atoms with E-state index >= 15 is 0 Å². The number of aromatic nitrogens is 15. The van der Waals surface area contributed by atoms with Crippen molar-refractivity contribution in [2.75, 3.05) is 21.3 Å². The Hall–Kier alpha value is -20.3. The predicted octanol–water partition coefficient (Wildman–Crippen LogP) is 28.5. The van der Waals surface area contributed by atoms with Gasteiger partial charge in [-0.1, -0.05) is 206 Å². The van der Waals surface area contributed by atoms with E-state index in [1.54, 1.807) is 57.7 Å². The van der Waals surface area contributed by atoms with E-state index in [-0.39, 0.29) is 0 Å². The van der Waals surface area contributed by atoms with Gasteiger partial charge in [-0.05, 0) is 212 Å². The monoisotopic (exact) mass is 1850 g/mol. The first-order valence-corrected chi connectivity index (χ1v) is 46.9. The lowest BCUT2D eigenvalue weighted by Gasteiger charge is -2.12. The van der Waals surface area contributed by atoms with Gasteiger partial charge in [0.25, 0.3) is 0 Å². The lowest BCUT2D eigenvalue weighted by atomic mass is 10.1. The van der Waals surface area contributed by atoms with E-state index in [4.69, 9.17) is 65.6 Å². The summed E-state index contributed by atoms with van der Waals surface area (Å²) in [6.45, 7) is 7.42. The lowest BCUT2D eigenvalue weighted by Crippen LogP contribution is -2.06. The third-order valence-electron chi connectivity index (χ3n) is 26.8. The van der Waals surface area contributed by atoms with Crippen molar-refractivity contribution >= 4 is 137 Å². The Labute approximate surface area is 823 Å². The van der Waals surface area contributed by atoms with Gasteiger partial charge in [-0.3, -0.25) is 13.7 Å². The molecule has 0 amide bonds. The third-order valence-corrected chi connectivity index (χ3v) is 26.8. The van der Waals surface area contributed by atoms with Crippen molar-refractivity contribution in [1.29, 1.82) is 10.5 Å². The Morgan fingerprint density at radius 2 is 0.438 bits per heavy atom. The maximum Gasteiger partial charge on any atom is 0.238 e. The molecule has 21 nitrogen and oxygen atoms in total. The van der Waals surface area contributed by atoms with Crippen molar-refractivity contribution in [1.82, 2.24) is 72.3 Å². The molecule has 0 radical (unpaired) electrons. The molecule has 21 heteroatoms. The van der Waals surface area contributed by atoms with Gasteiger partial charge in [0.1, 0.15) is 17.2 Å². The minimum absolute atomic E-state index is 0.476. The zero-order valence-electron chi connectivity index (χ0n) is 77.6. The first kappa shape index (κ1) is 85.3. The van der Waals surface area contributed by atoms with Crippen molar-refractivity contribution in [2.24, 2.45) is 0 Å². The van der Waals surface area contributed by atoms with Crippen molar-refractivity contribution in [3.63, 3.8) is 0 Å². The zero-order valence-corrected chi connectivity index (χ0v) is 77.6. The van der Waals surface area contributed by atoms with Crippen LogP contribution in [-0.2, 0) is 0 Å². The average molecular weight is 1860 g/mol. The highest BCUT2D eigenvalue weighted by molar-refractivity contribution is 6.29. The number of methoxy groups -OCH3 is 3. The number of nitriles is 2. The summed E-state index contributed by atoms with van der Waals surface area (Å²) in [4.78, 5) is 49.3. The van der Waals surface area contributed by atoms with Crippen LogP contribution in [0, 0.1) is 29.2 Å². The van der Waals surface area contributed by atoms with E-state index in [1.165, 1.54) is 0 Å². The third kappa shape index (κ3) is 14.6. The van der Waals surface area contributed by atoms with E-state index < -0.39 is 0 Å². The van der Waals surface area contributed by atoms with Crippen LogP contribution in [0.2, 0.25) is 0 Å². The van der Waals surface area contributed by atoms with Gasteiger partial charge >= 0.3 is 0 Å². The quantitative estimate of drug-likeness (QED) is 0.0871. The van der Waals surface area contributed by atoms with Crippen LogP contribution < -0.4 is 14.2 Å². The fourth-order valence-corrected chi connectivity index (χ4v) is 20.2. The molecule has 27 rings (SSSR count). The number of benzene rings is 18. The van der Waals surface area contributed by atoms with E-state index in [2.05, 4.69) is 299 Å². The van der Waals surface area contributed by atoms with Crippen molar-refractivity contribution in [3.8, 4) is 133 Å². The summed E-state index contributed by atoms with van der Waals surface area (Å²) in [5, 5.41) is 32.3. The van der Waals surface area contributed by atoms with Gasteiger partial charge in [-0.2, -0.15) is 40.4 Å². The summed E-state index contributed by atoms with van der Waals surface area (Å²) in [6.07, 6.45) is 0. The Bertz CT molecular complexity index is 9770. The highest BCUT2D eigenvalue weighted by atomic mass is 16.5. The summed E-state index contributed by atoms with van der Waals surface area (Å²) in [5.74, 6) is 6.96. The standard InChI is InChI=1S/C41H23N7.C41H26N6O.C41H29N5O2/c1-43-29-21-19-28(20-22-29)40-44-39(27-17-15-26(25-42)16-18-27)45-41(46-40)48-34-13-7-5-11-31(34)32-23-24-36-37(38(32)48)33-12-6-8-14-35(33)47(36)30-9-3-2-4-10-30;1-48-30-21-19-28(20-22-30)40-43-39(27-17-15-26(25-42)16-18-27)44-41(45-40)47-34-13-7-5-11-31(34)32-23-24-36-37(38(32)47)33-12-6-8-14-35(33)46(36)29-9-3-2-4-10-29;1-47-29-20-16-26(17-21-29)39-42-40(27-18-22-30(48-2)23-19-27)44-41(43-39)46-34-14-8-6-12-31(34)32-24-25-36-37(38(32)46)33-13-7-9-15-35(33)45(36)28-10-4-3-5-11-28/h2-24H;2-24H,1H3;3-25H,1-2H3. The van der Waals surface area contributed by atoms with Crippen molar-refractivity contribution in [2.45, 2.75) is 0 Å². The Morgan fingerprint density at radius 1 is 0.215 bits per heavy atom. The van der Waals surface area contributed by atoms with Gasteiger partial charge < -0.3 is 27.9 Å². The number of fused-ring (bicyclic) bond motifs is 21. The molecular formula is C123H78N18O3. The van der Waals surface area contributed by atoms with E-state index in [0.717, 1.165) is 199 Å². The van der Waals surface area contributed by atoms with E-state index in [1.807, 2.05) is 127 Å². The molecule has 0 unspecified atom stereocenters. The fraction of sp³-hybridized carbons (Fsp3) is 0.0244. The number of para-hydroxylation sites is 9. The average Bonchev–Trinajstić information content (AvgIpc) is 1.55. The SMILES string of the molecule is COc1ccc(-c2nc(-c3ccc(C#N)cc3)nc(-n3c4ccccc4c4ccc5c(c6ccccc6n5-c5ccccc5)c43)n2)cc1.COc1ccc(-c2nc(-c3ccc(OC)cc3)nc(-n3c4ccccc4c4ccc5c(c6ccccc6n5-c5ccccc5)c43)n2)cc1.[C-]#[N+]c1ccc(-c2nc(-c3ccc(C#N)cc3)nc(-n3c4ccccc4c4ccc5c(c6ccccc6n5-c5ccccc5)c43)n2)cc1. The highest BCUT2D eigenvalue weighted by Gasteiger charge is 2.29. The largest absolute Gasteiger partial charge is 0.497 e. The summed E-state index contributed by atoms with van der Waals surface area (Å²) < 4.78 is 29.8. The normalized spacial score (nSPS) is 11.4. The number of rotatable bonds is 15. The van der Waals surface area contributed by atoms with Crippen LogP contribution in [0.4, 0.5) is 5.69 Å². The van der Waals surface area contributed by atoms with Gasteiger partial charge in [0.05, 0.1) is 117 Å². The molecule has 0 fully saturated rings. The van der Waals surface area contributed by atoms with Crippen LogP contribution in [0.5, 0.6) is 17.2 Å². The molecule has 0 bridgehead atoms. The molecule has 27 aromatic rings. The molecule has 9 aromatic heterocycles. The molecule has 9 heterocycles. The summed E-state index contributed by atoms with van der Waals surface area (Å²) in [5.41, 5.74) is 22.6. The Morgan fingerprint density at radius 3 is 0.681 bits per heavy atom. The Balaban J connectivity index is 0.000000113. The maximum atomic E-state index is 9.43. The number of hydrogen-bond acceptors (Lipinski definition) is 14. The van der Waals surface area contributed by atoms with Crippen LogP contribution in [0.15, 0.2) is 419 Å². The van der Waals surface area contributed by atoms with E-state index in [9.17, 15) is 10.5 Å². The molecule has 0 aliphatic rings. The van der Waals surface area contributed by atoms with Crippen molar-refractivity contribution in [3.05, 3.63) is 441 Å². The molecule has 0 saturated carbocycles. The Kier molecular flexibility index (Phi) is 21.1. The molecular weight excluding hydrogens is 1780 g/mol. The topological polar surface area (TPSA) is 225 Å². The van der Waals surface area contributed by atoms with Crippen LogP contribution in [-0.4, -0.2) is 93.6 Å². The van der Waals surface area contributed by atoms with Crippen molar-refractivity contribution < 1.29 is 14.2 Å². The molecule has 0 atom stereocenters. The fourth-order valence-electron chi connectivity index (χ4n) is 20.2. The molecule has 0 N–H and O–H groups in total. The second-order valence-electron chi connectivity index (χ2n) is 34.8. The summed E-state index contributed by atoms with van der Waals surface area (Å²) in [7, 11) is 4.97. The van der Waals surface area contributed by atoms with Crippen LogP contribution in [0.25, 0.3) is 239 Å². The van der Waals surface area contributed by atoms with Gasteiger partial charge in [0.2, 0.25) is 17.8 Å². The molecule has 0 saturated heterocycles. The summed E-state index contributed by atoms with van der Waals surface area (Å²) >= 11 is 0. The number of hydrogen-bond donors (Lipinski definition) is 0. The van der Waals surface area contributed by atoms with Gasteiger partial charge in [0, 0.05) is 115 Å².